The fourth-order valence-electron chi connectivity index (χ4n) is 5.46. The van der Waals surface area contributed by atoms with Crippen LogP contribution in [0, 0.1) is 5.41 Å². The average Bonchev–Trinajstić information content (AvgIpc) is 3.42. The summed E-state index contributed by atoms with van der Waals surface area (Å²) in [6.45, 7) is 8.40. The molecular weight excluding hydrogens is 406 g/mol. The molecule has 32 heavy (non-hydrogen) atoms. The van der Waals surface area contributed by atoms with Crippen LogP contribution in [0.25, 0.3) is 0 Å². The Balaban J connectivity index is 1.57. The topological polar surface area (TPSA) is 65.5 Å². The maximum Gasteiger partial charge on any atom is 0.320 e. The van der Waals surface area contributed by atoms with Gasteiger partial charge in [0.1, 0.15) is 0 Å². The predicted octanol–water partition coefficient (Wildman–Crippen LogP) is 3.17. The molecule has 4 rings (SSSR count). The minimum Gasteiger partial charge on any atom is -0.493 e. The number of carbonyl (C=O) groups excluding carboxylic acids is 1. The molecule has 1 aliphatic carbocycles. The summed E-state index contributed by atoms with van der Waals surface area (Å²) in [5, 5.41) is 10.8. The highest BCUT2D eigenvalue weighted by Gasteiger charge is 2.49. The first-order chi connectivity index (χ1) is 15.3. The maximum atomic E-state index is 13.3. The second kappa shape index (κ2) is 9.48. The number of methoxy groups -OCH3 is 1. The van der Waals surface area contributed by atoms with Gasteiger partial charge in [-0.2, -0.15) is 0 Å². The summed E-state index contributed by atoms with van der Waals surface area (Å²) in [6.07, 6.45) is 4.27. The van der Waals surface area contributed by atoms with Crippen LogP contribution in [0.15, 0.2) is 18.2 Å². The van der Waals surface area contributed by atoms with Gasteiger partial charge in [0.2, 0.25) is 0 Å². The third-order valence-corrected chi connectivity index (χ3v) is 7.92. The average molecular weight is 446 g/mol. The molecule has 1 aromatic carbocycles. The van der Waals surface area contributed by atoms with Crippen molar-refractivity contribution in [3.8, 4) is 11.5 Å². The molecule has 2 saturated heterocycles. The Morgan fingerprint density at radius 3 is 2.44 bits per heavy atom. The largest absolute Gasteiger partial charge is 0.493 e. The Morgan fingerprint density at radius 2 is 1.81 bits per heavy atom. The molecule has 1 N–H and O–H groups in total. The van der Waals surface area contributed by atoms with Crippen LogP contribution >= 0.6 is 0 Å². The Kier molecular flexibility index (Phi) is 6.86. The Bertz CT molecular complexity index is 802. The highest BCUT2D eigenvalue weighted by Crippen LogP contribution is 2.47. The SMILES string of the molecule is COc1ccc(C2CN(C(=O)N3CCN(C)CC3)CC2(C)C(C)O)cc1OC1CCCC1. The van der Waals surface area contributed by atoms with Gasteiger partial charge in [-0.25, -0.2) is 4.79 Å². The van der Waals surface area contributed by atoms with Crippen LogP contribution in [-0.2, 0) is 0 Å². The third-order valence-electron chi connectivity index (χ3n) is 7.92. The number of aliphatic hydroxyl groups is 1. The van der Waals surface area contributed by atoms with E-state index in [2.05, 4.69) is 31.0 Å². The van der Waals surface area contributed by atoms with E-state index in [-0.39, 0.29) is 18.1 Å². The molecule has 2 aliphatic heterocycles. The smallest absolute Gasteiger partial charge is 0.320 e. The van der Waals surface area contributed by atoms with Gasteiger partial charge < -0.3 is 29.3 Å². The van der Waals surface area contributed by atoms with E-state index in [4.69, 9.17) is 9.47 Å². The highest BCUT2D eigenvalue weighted by atomic mass is 16.5. The zero-order chi connectivity index (χ0) is 22.9. The quantitative estimate of drug-likeness (QED) is 0.754. The molecule has 0 radical (unpaired) electrons. The molecule has 0 bridgehead atoms. The zero-order valence-corrected chi connectivity index (χ0v) is 20.0. The number of nitrogens with zero attached hydrogens (tertiary/aromatic N) is 3. The normalized spacial score (nSPS) is 28.2. The van der Waals surface area contributed by atoms with Crippen molar-refractivity contribution in [2.75, 3.05) is 53.4 Å². The van der Waals surface area contributed by atoms with E-state index in [0.29, 0.717) is 13.1 Å². The van der Waals surface area contributed by atoms with Crippen LogP contribution in [0.5, 0.6) is 11.5 Å². The number of likely N-dealkylation sites (N-methyl/N-ethyl adjacent to an activating group) is 1. The van der Waals surface area contributed by atoms with Crippen LogP contribution < -0.4 is 9.47 Å². The predicted molar refractivity (Wildman–Crippen MR) is 124 cm³/mol. The lowest BCUT2D eigenvalue weighted by atomic mass is 9.72. The molecule has 7 nitrogen and oxygen atoms in total. The Labute approximate surface area is 192 Å². The number of urea groups is 1. The minimum absolute atomic E-state index is 0.0238. The van der Waals surface area contributed by atoms with Gasteiger partial charge in [0.05, 0.1) is 19.3 Å². The van der Waals surface area contributed by atoms with E-state index >= 15 is 0 Å². The molecule has 1 aromatic rings. The van der Waals surface area contributed by atoms with Crippen molar-refractivity contribution in [3.05, 3.63) is 23.8 Å². The molecule has 3 unspecified atom stereocenters. The molecule has 3 fully saturated rings. The van der Waals surface area contributed by atoms with E-state index in [9.17, 15) is 9.90 Å². The van der Waals surface area contributed by atoms with E-state index in [1.165, 1.54) is 12.8 Å². The number of amides is 2. The lowest BCUT2D eigenvalue weighted by Gasteiger charge is -2.36. The first-order valence-electron chi connectivity index (χ1n) is 12.1. The van der Waals surface area contributed by atoms with Gasteiger partial charge in [-0.3, -0.25) is 0 Å². The molecule has 3 aliphatic rings. The molecule has 3 atom stereocenters. The van der Waals surface area contributed by atoms with E-state index < -0.39 is 11.5 Å². The lowest BCUT2D eigenvalue weighted by molar-refractivity contribution is 0.0479. The monoisotopic (exact) mass is 445 g/mol. The number of piperazine rings is 1. The minimum atomic E-state index is -0.543. The van der Waals surface area contributed by atoms with Crippen LogP contribution in [0.3, 0.4) is 0 Å². The number of hydrogen-bond acceptors (Lipinski definition) is 5. The summed E-state index contributed by atoms with van der Waals surface area (Å²) < 4.78 is 11.9. The van der Waals surface area contributed by atoms with Gasteiger partial charge in [0, 0.05) is 50.6 Å². The molecule has 0 aromatic heterocycles. The Morgan fingerprint density at radius 1 is 1.12 bits per heavy atom. The van der Waals surface area contributed by atoms with Gasteiger partial charge in [-0.15, -0.1) is 0 Å². The van der Waals surface area contributed by atoms with Crippen molar-refractivity contribution in [1.29, 1.82) is 0 Å². The van der Waals surface area contributed by atoms with Crippen LogP contribution in [0.1, 0.15) is 51.0 Å². The molecule has 178 valence electrons. The van der Waals surface area contributed by atoms with Crippen molar-refractivity contribution < 1.29 is 19.4 Å². The van der Waals surface area contributed by atoms with Crippen LogP contribution in [-0.4, -0.2) is 91.5 Å². The van der Waals surface area contributed by atoms with Crippen molar-refractivity contribution in [1.82, 2.24) is 14.7 Å². The van der Waals surface area contributed by atoms with E-state index in [1.807, 2.05) is 22.8 Å². The van der Waals surface area contributed by atoms with E-state index in [1.54, 1.807) is 7.11 Å². The molecule has 0 spiro atoms. The van der Waals surface area contributed by atoms with Crippen LogP contribution in [0.4, 0.5) is 4.79 Å². The summed E-state index contributed by atoms with van der Waals surface area (Å²) in [5.41, 5.74) is 0.664. The number of hydrogen-bond donors (Lipinski definition) is 1. The second-order valence-corrected chi connectivity index (χ2v) is 10.1. The number of benzene rings is 1. The first-order valence-corrected chi connectivity index (χ1v) is 12.1. The molecule has 7 heteroatoms. The first kappa shape index (κ1) is 23.2. The van der Waals surface area contributed by atoms with Crippen LogP contribution in [0.2, 0.25) is 0 Å². The van der Waals surface area contributed by atoms with Gasteiger partial charge >= 0.3 is 6.03 Å². The molecular formula is C25H39N3O4. The zero-order valence-electron chi connectivity index (χ0n) is 20.0. The summed E-state index contributed by atoms with van der Waals surface area (Å²) in [4.78, 5) is 19.4. The van der Waals surface area contributed by atoms with Gasteiger partial charge in [0.15, 0.2) is 11.5 Å². The summed E-state index contributed by atoms with van der Waals surface area (Å²) in [5.74, 6) is 1.53. The standard InChI is InChI=1S/C25H39N3O4/c1-18(29)25(2)17-28(24(30)27-13-11-26(3)12-14-27)16-21(25)19-9-10-22(31-4)23(15-19)32-20-7-5-6-8-20/h9-10,15,18,20-21,29H,5-8,11-14,16-17H2,1-4H3. The molecule has 1 saturated carbocycles. The number of rotatable bonds is 5. The van der Waals surface area contributed by atoms with Crippen molar-refractivity contribution >= 4 is 6.03 Å². The fourth-order valence-corrected chi connectivity index (χ4v) is 5.46. The number of likely N-dealkylation sites (tertiary alicyclic amines) is 1. The summed E-state index contributed by atoms with van der Waals surface area (Å²) in [7, 11) is 3.76. The fraction of sp³-hybridized carbons (Fsp3) is 0.720. The van der Waals surface area contributed by atoms with Gasteiger partial charge in [-0.1, -0.05) is 13.0 Å². The second-order valence-electron chi connectivity index (χ2n) is 10.1. The lowest BCUT2D eigenvalue weighted by Crippen LogP contribution is -2.51. The van der Waals surface area contributed by atoms with Crippen molar-refractivity contribution in [2.45, 2.75) is 57.7 Å². The maximum absolute atomic E-state index is 13.3. The van der Waals surface area contributed by atoms with Crippen molar-refractivity contribution in [2.24, 2.45) is 5.41 Å². The summed E-state index contributed by atoms with van der Waals surface area (Å²) >= 11 is 0. The number of aliphatic hydroxyl groups excluding tert-OH is 1. The third kappa shape index (κ3) is 4.55. The number of ether oxygens (including phenoxy) is 2. The Hall–Kier alpha value is -1.99. The number of carbonyl (C=O) groups is 1. The van der Waals surface area contributed by atoms with E-state index in [0.717, 1.165) is 56.1 Å². The van der Waals surface area contributed by atoms with Gasteiger partial charge in [-0.05, 0) is 57.4 Å². The highest BCUT2D eigenvalue weighted by molar-refractivity contribution is 5.75. The molecule has 2 heterocycles. The molecule has 2 amide bonds. The van der Waals surface area contributed by atoms with Crippen molar-refractivity contribution in [3.63, 3.8) is 0 Å². The summed E-state index contributed by atoms with van der Waals surface area (Å²) in [6, 6.07) is 6.19. The van der Waals surface area contributed by atoms with Gasteiger partial charge in [0.25, 0.3) is 0 Å².